The lowest BCUT2D eigenvalue weighted by Crippen LogP contribution is -1.98. The van der Waals surface area contributed by atoms with Crippen LogP contribution >= 0.6 is 0 Å². The molecule has 0 fully saturated rings. The number of hydrogen-bond donors (Lipinski definition) is 1. The quantitative estimate of drug-likeness (QED) is 0.786. The molecule has 0 aliphatic heterocycles. The summed E-state index contributed by atoms with van der Waals surface area (Å²) >= 11 is 0. The molecule has 14 heavy (non-hydrogen) atoms. The number of aliphatic hydroxyl groups excluding tert-OH is 1. The van der Waals surface area contributed by atoms with Gasteiger partial charge in [0.2, 0.25) is 0 Å². The Bertz CT molecular complexity index is 403. The van der Waals surface area contributed by atoms with E-state index in [0.717, 1.165) is 11.1 Å². The summed E-state index contributed by atoms with van der Waals surface area (Å²) in [5, 5.41) is 9.97. The van der Waals surface area contributed by atoms with Crippen LogP contribution in [0.4, 0.5) is 0 Å². The number of benzene rings is 1. The van der Waals surface area contributed by atoms with Gasteiger partial charge in [-0.15, -0.1) is 0 Å². The number of hydrogen-bond acceptors (Lipinski definition) is 2. The molecule has 1 N–H and O–H groups in total. The third-order valence-corrected chi connectivity index (χ3v) is 2.27. The van der Waals surface area contributed by atoms with Crippen molar-refractivity contribution in [2.75, 3.05) is 0 Å². The topological polar surface area (TPSA) is 33.4 Å². The first-order valence-corrected chi connectivity index (χ1v) is 4.56. The maximum Gasteiger partial charge on any atom is 0.139 e. The van der Waals surface area contributed by atoms with Gasteiger partial charge in [-0.2, -0.15) is 0 Å². The van der Waals surface area contributed by atoms with Crippen molar-refractivity contribution >= 4 is 0 Å². The van der Waals surface area contributed by atoms with Crippen molar-refractivity contribution in [3.63, 3.8) is 0 Å². The van der Waals surface area contributed by atoms with Crippen LogP contribution in [0, 0.1) is 6.92 Å². The van der Waals surface area contributed by atoms with Crippen LogP contribution < -0.4 is 0 Å². The fourth-order valence-corrected chi connectivity index (χ4v) is 1.45. The highest BCUT2D eigenvalue weighted by Gasteiger charge is 2.15. The van der Waals surface area contributed by atoms with Gasteiger partial charge in [-0.1, -0.05) is 30.3 Å². The molecule has 1 heterocycles. The summed E-state index contributed by atoms with van der Waals surface area (Å²) in [5.74, 6) is 0.621. The summed E-state index contributed by atoms with van der Waals surface area (Å²) in [6.45, 7) is 1.92. The van der Waals surface area contributed by atoms with Crippen molar-refractivity contribution in [2.45, 2.75) is 13.0 Å². The Kier molecular flexibility index (Phi) is 2.37. The highest BCUT2D eigenvalue weighted by molar-refractivity contribution is 5.28. The van der Waals surface area contributed by atoms with Gasteiger partial charge in [0.1, 0.15) is 11.9 Å². The zero-order valence-corrected chi connectivity index (χ0v) is 7.97. The van der Waals surface area contributed by atoms with Gasteiger partial charge in [0.15, 0.2) is 0 Å². The average Bonchev–Trinajstić information content (AvgIpc) is 2.65. The third-order valence-electron chi connectivity index (χ3n) is 2.27. The summed E-state index contributed by atoms with van der Waals surface area (Å²) in [6, 6.07) is 11.3. The Morgan fingerprint density at radius 1 is 1.14 bits per heavy atom. The SMILES string of the molecule is Cc1ccoc1C(O)c1ccccc1. The molecule has 1 unspecified atom stereocenters. The first-order chi connectivity index (χ1) is 6.79. The predicted molar refractivity (Wildman–Crippen MR) is 53.9 cm³/mol. The number of furan rings is 1. The lowest BCUT2D eigenvalue weighted by atomic mass is 10.1. The molecule has 0 spiro atoms. The standard InChI is InChI=1S/C12H12O2/c1-9-7-8-14-12(9)11(13)10-5-3-2-4-6-10/h2-8,11,13H,1H3. The smallest absolute Gasteiger partial charge is 0.139 e. The van der Waals surface area contributed by atoms with Crippen molar-refractivity contribution in [1.29, 1.82) is 0 Å². The first-order valence-electron chi connectivity index (χ1n) is 4.56. The van der Waals surface area contributed by atoms with Crippen LogP contribution in [0.25, 0.3) is 0 Å². The molecule has 0 radical (unpaired) electrons. The van der Waals surface area contributed by atoms with Gasteiger partial charge >= 0.3 is 0 Å². The molecular weight excluding hydrogens is 176 g/mol. The van der Waals surface area contributed by atoms with E-state index in [1.807, 2.05) is 43.3 Å². The number of rotatable bonds is 2. The van der Waals surface area contributed by atoms with Crippen molar-refractivity contribution < 1.29 is 9.52 Å². The van der Waals surface area contributed by atoms with Gasteiger partial charge in [0.25, 0.3) is 0 Å². The Hall–Kier alpha value is -1.54. The van der Waals surface area contributed by atoms with E-state index in [9.17, 15) is 5.11 Å². The zero-order chi connectivity index (χ0) is 9.97. The maximum atomic E-state index is 9.97. The lowest BCUT2D eigenvalue weighted by Gasteiger charge is -2.08. The highest BCUT2D eigenvalue weighted by Crippen LogP contribution is 2.24. The van der Waals surface area contributed by atoms with Crippen LogP contribution in [0.1, 0.15) is 23.0 Å². The monoisotopic (exact) mass is 188 g/mol. The Balaban J connectivity index is 2.34. The highest BCUT2D eigenvalue weighted by atomic mass is 16.4. The largest absolute Gasteiger partial charge is 0.466 e. The van der Waals surface area contributed by atoms with Crippen molar-refractivity contribution in [1.82, 2.24) is 0 Å². The minimum Gasteiger partial charge on any atom is -0.466 e. The summed E-state index contributed by atoms with van der Waals surface area (Å²) in [7, 11) is 0. The zero-order valence-electron chi connectivity index (χ0n) is 7.97. The summed E-state index contributed by atoms with van der Waals surface area (Å²) in [5.41, 5.74) is 1.83. The second kappa shape index (κ2) is 3.68. The summed E-state index contributed by atoms with van der Waals surface area (Å²) < 4.78 is 5.23. The van der Waals surface area contributed by atoms with Gasteiger partial charge in [-0.25, -0.2) is 0 Å². The van der Waals surface area contributed by atoms with Crippen LogP contribution in [0.2, 0.25) is 0 Å². The van der Waals surface area contributed by atoms with E-state index in [1.54, 1.807) is 6.26 Å². The summed E-state index contributed by atoms with van der Waals surface area (Å²) in [4.78, 5) is 0. The van der Waals surface area contributed by atoms with E-state index in [1.165, 1.54) is 0 Å². The van der Waals surface area contributed by atoms with E-state index >= 15 is 0 Å². The number of aliphatic hydroxyl groups is 1. The molecule has 0 amide bonds. The molecule has 72 valence electrons. The van der Waals surface area contributed by atoms with Crippen molar-refractivity contribution in [3.8, 4) is 0 Å². The average molecular weight is 188 g/mol. The molecule has 1 aromatic heterocycles. The van der Waals surface area contributed by atoms with Crippen LogP contribution in [-0.2, 0) is 0 Å². The lowest BCUT2D eigenvalue weighted by molar-refractivity contribution is 0.188. The van der Waals surface area contributed by atoms with E-state index in [2.05, 4.69) is 0 Å². The summed E-state index contributed by atoms with van der Waals surface area (Å²) in [6.07, 6.45) is 0.933. The normalized spacial score (nSPS) is 12.7. The first kappa shape index (κ1) is 9.03. The van der Waals surface area contributed by atoms with E-state index < -0.39 is 6.10 Å². The Morgan fingerprint density at radius 3 is 2.43 bits per heavy atom. The maximum absolute atomic E-state index is 9.97. The molecule has 0 aliphatic rings. The van der Waals surface area contributed by atoms with E-state index in [4.69, 9.17) is 4.42 Å². The molecule has 0 saturated carbocycles. The molecule has 1 atom stereocenters. The van der Waals surface area contributed by atoms with Crippen LogP contribution in [-0.4, -0.2) is 5.11 Å². The molecule has 2 aromatic rings. The second-order valence-corrected chi connectivity index (χ2v) is 3.28. The van der Waals surface area contributed by atoms with E-state index in [0.29, 0.717) is 5.76 Å². The molecule has 0 aliphatic carbocycles. The fraction of sp³-hybridized carbons (Fsp3) is 0.167. The van der Waals surface area contributed by atoms with Crippen molar-refractivity contribution in [2.24, 2.45) is 0 Å². The van der Waals surface area contributed by atoms with Gasteiger partial charge in [0.05, 0.1) is 6.26 Å². The Morgan fingerprint density at radius 2 is 1.86 bits per heavy atom. The molecule has 1 aromatic carbocycles. The van der Waals surface area contributed by atoms with Crippen LogP contribution in [0.15, 0.2) is 47.1 Å². The predicted octanol–water partition coefficient (Wildman–Crippen LogP) is 2.67. The minimum atomic E-state index is -0.661. The second-order valence-electron chi connectivity index (χ2n) is 3.28. The number of aryl methyl sites for hydroxylation is 1. The molecule has 2 nitrogen and oxygen atoms in total. The molecule has 2 heteroatoms. The molecule has 0 saturated heterocycles. The third kappa shape index (κ3) is 1.56. The van der Waals surface area contributed by atoms with Crippen LogP contribution in [0.3, 0.4) is 0 Å². The molecular formula is C12H12O2. The molecule has 2 rings (SSSR count). The van der Waals surface area contributed by atoms with Crippen molar-refractivity contribution in [3.05, 3.63) is 59.5 Å². The van der Waals surface area contributed by atoms with Crippen LogP contribution in [0.5, 0.6) is 0 Å². The van der Waals surface area contributed by atoms with Gasteiger partial charge in [0, 0.05) is 0 Å². The van der Waals surface area contributed by atoms with Gasteiger partial charge in [-0.05, 0) is 24.1 Å². The molecule has 0 bridgehead atoms. The van der Waals surface area contributed by atoms with E-state index in [-0.39, 0.29) is 0 Å². The fourth-order valence-electron chi connectivity index (χ4n) is 1.45. The van der Waals surface area contributed by atoms with Gasteiger partial charge in [-0.3, -0.25) is 0 Å². The van der Waals surface area contributed by atoms with Gasteiger partial charge < -0.3 is 9.52 Å². The Labute approximate surface area is 82.8 Å². The minimum absolute atomic E-state index is 0.621.